The van der Waals surface area contributed by atoms with E-state index in [1.807, 2.05) is 12.1 Å². The zero-order chi connectivity index (χ0) is 19.9. The molecule has 1 amide bonds. The number of carboxylic acids is 1. The monoisotopic (exact) mass is 398 g/mol. The van der Waals surface area contributed by atoms with Crippen molar-refractivity contribution in [2.24, 2.45) is 0 Å². The van der Waals surface area contributed by atoms with Crippen molar-refractivity contribution >= 4 is 21.9 Å². The number of benzene rings is 1. The Labute approximate surface area is 159 Å². The fraction of sp³-hybridized carbons (Fsp3) is 0.556. The number of nitrogens with one attached hydrogen (secondary N) is 1. The predicted molar refractivity (Wildman–Crippen MR) is 99.8 cm³/mol. The van der Waals surface area contributed by atoms with E-state index in [1.165, 1.54) is 4.31 Å². The lowest BCUT2D eigenvalue weighted by molar-refractivity contribution is -0.137. The first-order valence-corrected chi connectivity index (χ1v) is 10.8. The lowest BCUT2D eigenvalue weighted by Gasteiger charge is -2.32. The van der Waals surface area contributed by atoms with Crippen LogP contribution in [0, 0.1) is 0 Å². The standard InChI is InChI=1S/C18H26N2O6S/c1-27(24,25)20-11-3-2-5-16(20)18(23)19-13-14-7-9-15(10-8-14)26-12-4-6-17(21)22/h7-10,16H,2-6,11-13H2,1H3,(H,19,23)(H,21,22)/t16-/m0/s1. The van der Waals surface area contributed by atoms with Crippen molar-refractivity contribution in [2.45, 2.75) is 44.7 Å². The number of carbonyl (C=O) groups excluding carboxylic acids is 1. The van der Waals surface area contributed by atoms with Gasteiger partial charge in [-0.2, -0.15) is 4.31 Å². The molecule has 0 saturated carbocycles. The van der Waals surface area contributed by atoms with Crippen molar-refractivity contribution in [3.8, 4) is 5.75 Å². The van der Waals surface area contributed by atoms with E-state index in [-0.39, 0.29) is 12.3 Å². The quantitative estimate of drug-likeness (QED) is 0.607. The molecular weight excluding hydrogens is 372 g/mol. The van der Waals surface area contributed by atoms with Crippen molar-refractivity contribution in [3.05, 3.63) is 29.8 Å². The third-order valence-corrected chi connectivity index (χ3v) is 5.67. The van der Waals surface area contributed by atoms with Gasteiger partial charge in [0.05, 0.1) is 12.9 Å². The summed E-state index contributed by atoms with van der Waals surface area (Å²) in [6.07, 6.45) is 3.76. The number of sulfonamides is 1. The number of piperidine rings is 1. The van der Waals surface area contributed by atoms with E-state index in [2.05, 4.69) is 5.32 Å². The van der Waals surface area contributed by atoms with E-state index in [9.17, 15) is 18.0 Å². The van der Waals surface area contributed by atoms with Crippen molar-refractivity contribution in [1.29, 1.82) is 0 Å². The highest BCUT2D eigenvalue weighted by molar-refractivity contribution is 7.88. The fourth-order valence-corrected chi connectivity index (χ4v) is 4.11. The third-order valence-electron chi connectivity index (χ3n) is 4.38. The molecule has 1 atom stereocenters. The van der Waals surface area contributed by atoms with E-state index in [0.717, 1.165) is 24.7 Å². The van der Waals surface area contributed by atoms with E-state index in [4.69, 9.17) is 9.84 Å². The van der Waals surface area contributed by atoms with Crippen LogP contribution in [0.25, 0.3) is 0 Å². The first kappa shape index (κ1) is 21.2. The Bertz CT molecular complexity index is 748. The SMILES string of the molecule is CS(=O)(=O)N1CCCC[C@H]1C(=O)NCc1ccc(OCCCC(=O)O)cc1. The Morgan fingerprint density at radius 2 is 1.96 bits per heavy atom. The van der Waals surface area contributed by atoms with Crippen LogP contribution in [-0.4, -0.2) is 55.2 Å². The Balaban J connectivity index is 1.83. The van der Waals surface area contributed by atoms with Gasteiger partial charge in [0, 0.05) is 19.5 Å². The Morgan fingerprint density at radius 1 is 1.26 bits per heavy atom. The summed E-state index contributed by atoms with van der Waals surface area (Å²) < 4.78 is 30.5. The Hall–Kier alpha value is -2.13. The second-order valence-electron chi connectivity index (χ2n) is 6.59. The van der Waals surface area contributed by atoms with Gasteiger partial charge in [0.2, 0.25) is 15.9 Å². The second-order valence-corrected chi connectivity index (χ2v) is 8.53. The van der Waals surface area contributed by atoms with Gasteiger partial charge in [-0.3, -0.25) is 9.59 Å². The molecule has 2 rings (SSSR count). The molecule has 1 aromatic carbocycles. The van der Waals surface area contributed by atoms with Crippen LogP contribution >= 0.6 is 0 Å². The molecule has 1 aromatic rings. The van der Waals surface area contributed by atoms with Crippen LogP contribution < -0.4 is 10.1 Å². The maximum absolute atomic E-state index is 12.4. The lowest BCUT2D eigenvalue weighted by Crippen LogP contribution is -2.51. The summed E-state index contributed by atoms with van der Waals surface area (Å²) in [5, 5.41) is 11.4. The van der Waals surface area contributed by atoms with Gasteiger partial charge in [-0.1, -0.05) is 18.6 Å². The molecule has 1 heterocycles. The van der Waals surface area contributed by atoms with Gasteiger partial charge >= 0.3 is 5.97 Å². The van der Waals surface area contributed by atoms with Crippen LogP contribution in [0.3, 0.4) is 0 Å². The molecule has 0 aromatic heterocycles. The molecule has 150 valence electrons. The normalized spacial score (nSPS) is 18.0. The maximum Gasteiger partial charge on any atom is 0.303 e. The largest absolute Gasteiger partial charge is 0.494 e. The van der Waals surface area contributed by atoms with Gasteiger partial charge in [-0.25, -0.2) is 8.42 Å². The number of carboxylic acid groups (broad SMARTS) is 1. The lowest BCUT2D eigenvalue weighted by atomic mass is 10.0. The summed E-state index contributed by atoms with van der Waals surface area (Å²) in [5.41, 5.74) is 0.864. The first-order valence-electron chi connectivity index (χ1n) is 8.95. The van der Waals surface area contributed by atoms with Crippen molar-refractivity contribution in [3.63, 3.8) is 0 Å². The number of ether oxygens (including phenoxy) is 1. The van der Waals surface area contributed by atoms with Crippen molar-refractivity contribution in [1.82, 2.24) is 9.62 Å². The number of hydrogen-bond donors (Lipinski definition) is 2. The number of amides is 1. The van der Waals surface area contributed by atoms with Gasteiger partial charge in [-0.15, -0.1) is 0 Å². The molecule has 9 heteroatoms. The minimum atomic E-state index is -3.41. The summed E-state index contributed by atoms with van der Waals surface area (Å²) in [6.45, 7) is 1.00. The number of nitrogens with zero attached hydrogens (tertiary/aromatic N) is 1. The highest BCUT2D eigenvalue weighted by Crippen LogP contribution is 2.20. The maximum atomic E-state index is 12.4. The third kappa shape index (κ3) is 6.84. The predicted octanol–water partition coefficient (Wildman–Crippen LogP) is 1.36. The second kappa shape index (κ2) is 9.70. The minimum absolute atomic E-state index is 0.0653. The van der Waals surface area contributed by atoms with Gasteiger partial charge in [-0.05, 0) is 37.0 Å². The van der Waals surface area contributed by atoms with Crippen molar-refractivity contribution < 1.29 is 27.9 Å². The molecule has 1 aliphatic heterocycles. The van der Waals surface area contributed by atoms with E-state index < -0.39 is 22.0 Å². The van der Waals surface area contributed by atoms with Gasteiger partial charge in [0.1, 0.15) is 11.8 Å². The van der Waals surface area contributed by atoms with Crippen LogP contribution in [0.5, 0.6) is 5.75 Å². The van der Waals surface area contributed by atoms with Crippen molar-refractivity contribution in [2.75, 3.05) is 19.4 Å². The number of hydrogen-bond acceptors (Lipinski definition) is 5. The summed E-state index contributed by atoms with van der Waals surface area (Å²) in [4.78, 5) is 22.9. The summed E-state index contributed by atoms with van der Waals surface area (Å²) in [5.74, 6) is -0.503. The van der Waals surface area contributed by atoms with Crippen LogP contribution in [-0.2, 0) is 26.2 Å². The molecule has 0 bridgehead atoms. The molecule has 0 unspecified atom stereocenters. The van der Waals surface area contributed by atoms with Crippen LogP contribution in [0.15, 0.2) is 24.3 Å². The average molecular weight is 398 g/mol. The smallest absolute Gasteiger partial charge is 0.303 e. The number of carbonyl (C=O) groups is 2. The summed E-state index contributed by atoms with van der Waals surface area (Å²) in [6, 6.07) is 6.48. The number of rotatable bonds is 9. The summed E-state index contributed by atoms with van der Waals surface area (Å²) in [7, 11) is -3.41. The van der Waals surface area contributed by atoms with Crippen LogP contribution in [0.4, 0.5) is 0 Å². The van der Waals surface area contributed by atoms with Gasteiger partial charge < -0.3 is 15.2 Å². The molecule has 1 saturated heterocycles. The number of aliphatic carboxylic acids is 1. The van der Waals surface area contributed by atoms with E-state index >= 15 is 0 Å². The molecule has 1 fully saturated rings. The molecule has 0 radical (unpaired) electrons. The van der Waals surface area contributed by atoms with E-state index in [1.54, 1.807) is 12.1 Å². The Morgan fingerprint density at radius 3 is 2.59 bits per heavy atom. The first-order chi connectivity index (χ1) is 12.8. The molecule has 8 nitrogen and oxygen atoms in total. The Kier molecular flexibility index (Phi) is 7.61. The van der Waals surface area contributed by atoms with Crippen LogP contribution in [0.2, 0.25) is 0 Å². The highest BCUT2D eigenvalue weighted by atomic mass is 32.2. The molecule has 2 N–H and O–H groups in total. The molecule has 0 spiro atoms. The average Bonchev–Trinajstić information content (AvgIpc) is 2.63. The molecular formula is C18H26N2O6S. The van der Waals surface area contributed by atoms with E-state index in [0.29, 0.717) is 38.3 Å². The molecule has 27 heavy (non-hydrogen) atoms. The fourth-order valence-electron chi connectivity index (χ4n) is 2.99. The molecule has 1 aliphatic rings. The molecule has 0 aliphatic carbocycles. The summed E-state index contributed by atoms with van der Waals surface area (Å²) >= 11 is 0. The van der Waals surface area contributed by atoms with Crippen LogP contribution in [0.1, 0.15) is 37.7 Å². The zero-order valence-corrected chi connectivity index (χ0v) is 16.2. The highest BCUT2D eigenvalue weighted by Gasteiger charge is 2.34. The van der Waals surface area contributed by atoms with Gasteiger partial charge in [0.15, 0.2) is 0 Å². The van der Waals surface area contributed by atoms with Gasteiger partial charge in [0.25, 0.3) is 0 Å². The zero-order valence-electron chi connectivity index (χ0n) is 15.4. The topological polar surface area (TPSA) is 113 Å². The minimum Gasteiger partial charge on any atom is -0.494 e.